The van der Waals surface area contributed by atoms with Crippen LogP contribution in [-0.4, -0.2) is 29.5 Å². The van der Waals surface area contributed by atoms with Gasteiger partial charge >= 0.3 is 0 Å². The molecule has 1 amide bonds. The molecule has 1 fully saturated rings. The van der Waals surface area contributed by atoms with E-state index in [0.717, 1.165) is 40.8 Å². The van der Waals surface area contributed by atoms with Gasteiger partial charge in [0.25, 0.3) is 5.91 Å². The van der Waals surface area contributed by atoms with Crippen LogP contribution in [0, 0.1) is 13.8 Å². The van der Waals surface area contributed by atoms with Gasteiger partial charge in [0.2, 0.25) is 0 Å². The average molecular weight is 366 g/mol. The maximum absolute atomic E-state index is 13.3. The number of benzene rings is 2. The number of hydrogen-bond donors (Lipinski definition) is 1. The Morgan fingerprint density at radius 3 is 2.37 bits per heavy atom. The Morgan fingerprint density at radius 2 is 1.74 bits per heavy atom. The molecule has 3 nitrogen and oxygen atoms in total. The lowest BCUT2D eigenvalue weighted by molar-refractivity contribution is -0.972. The summed E-state index contributed by atoms with van der Waals surface area (Å²) in [5.74, 6) is 0.136. The number of para-hydroxylation sites is 1. The van der Waals surface area contributed by atoms with Crippen molar-refractivity contribution in [3.8, 4) is 0 Å². The summed E-state index contributed by atoms with van der Waals surface area (Å²) in [7, 11) is 0. The van der Waals surface area contributed by atoms with Gasteiger partial charge in [-0.1, -0.05) is 48.5 Å². The number of anilines is 1. The van der Waals surface area contributed by atoms with Crippen LogP contribution in [0.2, 0.25) is 0 Å². The van der Waals surface area contributed by atoms with Crippen LogP contribution in [0.5, 0.6) is 0 Å². The van der Waals surface area contributed by atoms with E-state index in [1.807, 2.05) is 6.07 Å². The Kier molecular flexibility index (Phi) is 6.01. The molecule has 0 bridgehead atoms. The van der Waals surface area contributed by atoms with Crippen LogP contribution in [0.15, 0.2) is 48.5 Å². The van der Waals surface area contributed by atoms with Crippen LogP contribution >= 0.6 is 0 Å². The highest BCUT2D eigenvalue weighted by Crippen LogP contribution is 2.40. The van der Waals surface area contributed by atoms with Crippen LogP contribution in [0.4, 0.5) is 5.69 Å². The maximum Gasteiger partial charge on any atom is 0.282 e. The smallest absolute Gasteiger partial charge is 0.282 e. The number of aryl methyl sites for hydroxylation is 2. The number of carbonyl (C=O) groups excluding carboxylic acids is 1. The lowest BCUT2D eigenvalue weighted by Gasteiger charge is -2.50. The van der Waals surface area contributed by atoms with E-state index in [0.29, 0.717) is 6.04 Å². The van der Waals surface area contributed by atoms with Crippen molar-refractivity contribution >= 4 is 11.6 Å². The summed E-state index contributed by atoms with van der Waals surface area (Å²) in [4.78, 5) is 13.3. The molecule has 3 atom stereocenters. The number of nitrogens with one attached hydrogen (secondary N) is 1. The molecule has 0 radical (unpaired) electrons. The molecule has 144 valence electrons. The van der Waals surface area contributed by atoms with Crippen molar-refractivity contribution in [2.24, 2.45) is 0 Å². The van der Waals surface area contributed by atoms with Gasteiger partial charge in [0, 0.05) is 17.7 Å². The van der Waals surface area contributed by atoms with E-state index in [-0.39, 0.29) is 11.9 Å². The van der Waals surface area contributed by atoms with Crippen molar-refractivity contribution in [2.75, 3.05) is 18.4 Å². The third-order valence-corrected chi connectivity index (χ3v) is 6.58. The van der Waals surface area contributed by atoms with E-state index in [1.165, 1.54) is 18.4 Å². The van der Waals surface area contributed by atoms with Crippen LogP contribution in [0.1, 0.15) is 55.8 Å². The number of likely N-dealkylation sites (tertiary alicyclic amines) is 1. The first-order chi connectivity index (χ1) is 13.0. The number of nitrogens with zero attached hydrogens (tertiary/aromatic N) is 1. The molecule has 1 N–H and O–H groups in total. The number of carbonyl (C=O) groups is 1. The van der Waals surface area contributed by atoms with E-state index in [1.54, 1.807) is 0 Å². The van der Waals surface area contributed by atoms with Crippen molar-refractivity contribution < 1.29 is 9.28 Å². The number of amides is 1. The lowest BCUT2D eigenvalue weighted by atomic mass is 9.89. The van der Waals surface area contributed by atoms with Crippen LogP contribution < -0.4 is 5.32 Å². The molecule has 0 aromatic heterocycles. The van der Waals surface area contributed by atoms with E-state index in [4.69, 9.17) is 0 Å². The van der Waals surface area contributed by atoms with E-state index in [9.17, 15) is 4.79 Å². The Morgan fingerprint density at radius 1 is 1.07 bits per heavy atom. The third-order valence-electron chi connectivity index (χ3n) is 6.58. The monoisotopic (exact) mass is 365 g/mol. The molecule has 1 heterocycles. The molecule has 3 heteroatoms. The van der Waals surface area contributed by atoms with Gasteiger partial charge in [0.15, 0.2) is 6.04 Å². The zero-order valence-corrected chi connectivity index (χ0v) is 17.2. The molecule has 2 aromatic rings. The van der Waals surface area contributed by atoms with Gasteiger partial charge < -0.3 is 9.80 Å². The zero-order valence-electron chi connectivity index (χ0n) is 17.2. The van der Waals surface area contributed by atoms with Gasteiger partial charge in [0.1, 0.15) is 6.04 Å². The first-order valence-electron chi connectivity index (χ1n) is 10.3. The highest BCUT2D eigenvalue weighted by molar-refractivity contribution is 5.95. The molecule has 1 aliphatic rings. The third kappa shape index (κ3) is 3.79. The maximum atomic E-state index is 13.3. The molecule has 2 aromatic carbocycles. The predicted molar refractivity (Wildman–Crippen MR) is 113 cm³/mol. The van der Waals surface area contributed by atoms with E-state index in [2.05, 4.69) is 75.5 Å². The Bertz CT molecular complexity index is 766. The van der Waals surface area contributed by atoms with Gasteiger partial charge in [-0.3, -0.25) is 4.79 Å². The van der Waals surface area contributed by atoms with Crippen molar-refractivity contribution in [1.29, 1.82) is 0 Å². The van der Waals surface area contributed by atoms with Crippen LogP contribution in [0.3, 0.4) is 0 Å². The normalized spacial score (nSPS) is 23.6. The van der Waals surface area contributed by atoms with Crippen LogP contribution in [-0.2, 0) is 4.79 Å². The highest BCUT2D eigenvalue weighted by atomic mass is 16.2. The molecule has 27 heavy (non-hydrogen) atoms. The van der Waals surface area contributed by atoms with Crippen molar-refractivity contribution in [3.63, 3.8) is 0 Å². The molecular weight excluding hydrogens is 332 g/mol. The first-order valence-corrected chi connectivity index (χ1v) is 10.3. The summed E-state index contributed by atoms with van der Waals surface area (Å²) in [5.41, 5.74) is 4.58. The molecule has 0 aliphatic carbocycles. The van der Waals surface area contributed by atoms with Gasteiger partial charge in [-0.15, -0.1) is 0 Å². The minimum Gasteiger partial charge on any atom is -0.320 e. The second-order valence-electron chi connectivity index (χ2n) is 8.00. The predicted octanol–water partition coefficient (Wildman–Crippen LogP) is 5.39. The van der Waals surface area contributed by atoms with Crippen molar-refractivity contribution in [1.82, 2.24) is 0 Å². The number of rotatable bonds is 5. The fraction of sp³-hybridized carbons (Fsp3) is 0.458. The Balaban J connectivity index is 1.91. The number of piperidine rings is 1. The molecule has 1 saturated heterocycles. The SMILES string of the molecule is CC[N+]1(C(C)C(=O)Nc2c(C)cccc2C)CCCCC1c1ccccc1. The number of likely N-dealkylation sites (N-methyl/N-ethyl adjacent to an activating group) is 1. The minimum absolute atomic E-state index is 0.0838. The van der Waals surface area contributed by atoms with Gasteiger partial charge in [-0.25, -0.2) is 0 Å². The summed E-state index contributed by atoms with van der Waals surface area (Å²) in [6.07, 6.45) is 3.59. The second-order valence-corrected chi connectivity index (χ2v) is 8.00. The molecule has 3 unspecified atom stereocenters. The first kappa shape index (κ1) is 19.6. The van der Waals surface area contributed by atoms with Crippen molar-refractivity contribution in [3.05, 3.63) is 65.2 Å². The summed E-state index contributed by atoms with van der Waals surface area (Å²) in [6, 6.07) is 17.2. The van der Waals surface area contributed by atoms with Gasteiger partial charge in [-0.2, -0.15) is 0 Å². The second kappa shape index (κ2) is 8.26. The summed E-state index contributed by atoms with van der Waals surface area (Å²) in [5, 5.41) is 3.25. The van der Waals surface area contributed by atoms with E-state index < -0.39 is 0 Å². The standard InChI is InChI=1S/C24H32N2O/c1-5-26(17-10-9-16-22(26)21-14-7-6-8-15-21)20(4)24(27)25-23-18(2)12-11-13-19(23)3/h6-8,11-15,20,22H,5,9-10,16-17H2,1-4H3/p+1. The van der Waals surface area contributed by atoms with E-state index >= 15 is 0 Å². The molecule has 3 rings (SSSR count). The van der Waals surface area contributed by atoms with Crippen LogP contribution in [0.25, 0.3) is 0 Å². The molecule has 1 aliphatic heterocycles. The fourth-order valence-electron chi connectivity index (χ4n) is 4.88. The fourth-order valence-corrected chi connectivity index (χ4v) is 4.88. The average Bonchev–Trinajstić information content (AvgIpc) is 2.70. The summed E-state index contributed by atoms with van der Waals surface area (Å²) in [6.45, 7) is 10.5. The summed E-state index contributed by atoms with van der Waals surface area (Å²) < 4.78 is 0.848. The lowest BCUT2D eigenvalue weighted by Crippen LogP contribution is -2.62. The van der Waals surface area contributed by atoms with Gasteiger partial charge in [-0.05, 0) is 51.7 Å². The van der Waals surface area contributed by atoms with Crippen molar-refractivity contribution in [2.45, 2.75) is 59.0 Å². The summed E-state index contributed by atoms with van der Waals surface area (Å²) >= 11 is 0. The zero-order chi connectivity index (χ0) is 19.4. The molecular formula is C24H33N2O+. The number of quaternary nitrogens is 1. The quantitative estimate of drug-likeness (QED) is 0.707. The Hall–Kier alpha value is -2.13. The Labute approximate surface area is 164 Å². The highest BCUT2D eigenvalue weighted by Gasteiger charge is 2.46. The largest absolute Gasteiger partial charge is 0.320 e. The number of hydrogen-bond acceptors (Lipinski definition) is 1. The van der Waals surface area contributed by atoms with Gasteiger partial charge in [0.05, 0.1) is 13.1 Å². The molecule has 0 saturated carbocycles. The minimum atomic E-state index is -0.0838. The molecule has 0 spiro atoms. The topological polar surface area (TPSA) is 29.1 Å².